The highest BCUT2D eigenvalue weighted by atomic mass is 16.5. The first-order chi connectivity index (χ1) is 10.7. The minimum atomic E-state index is -0.206. The number of carbonyl (C=O) groups excluding carboxylic acids is 1. The number of hydrogen-bond acceptors (Lipinski definition) is 4. The van der Waals surface area contributed by atoms with E-state index in [0.717, 1.165) is 25.0 Å². The van der Waals surface area contributed by atoms with Gasteiger partial charge in [-0.25, -0.2) is 4.68 Å². The number of carbonyl (C=O) groups is 1. The van der Waals surface area contributed by atoms with Crippen molar-refractivity contribution >= 4 is 5.91 Å². The molecule has 0 spiro atoms. The molecule has 6 nitrogen and oxygen atoms in total. The predicted molar refractivity (Wildman–Crippen MR) is 81.6 cm³/mol. The summed E-state index contributed by atoms with van der Waals surface area (Å²) >= 11 is 0. The molecule has 0 saturated carbocycles. The lowest BCUT2D eigenvalue weighted by Crippen LogP contribution is -2.32. The van der Waals surface area contributed by atoms with E-state index in [1.807, 2.05) is 37.3 Å². The van der Waals surface area contributed by atoms with Crippen LogP contribution in [0.1, 0.15) is 41.9 Å². The number of nitrogens with zero attached hydrogens (tertiary/aromatic N) is 3. The van der Waals surface area contributed by atoms with E-state index in [0.29, 0.717) is 12.2 Å². The molecule has 1 fully saturated rings. The minimum absolute atomic E-state index is 0.0356. The summed E-state index contributed by atoms with van der Waals surface area (Å²) in [5.74, 6) is -0.206. The zero-order chi connectivity index (χ0) is 15.4. The molecule has 3 rings (SSSR count). The van der Waals surface area contributed by atoms with Crippen molar-refractivity contribution in [3.63, 3.8) is 0 Å². The summed E-state index contributed by atoms with van der Waals surface area (Å²) in [6.07, 6.45) is 3.87. The van der Waals surface area contributed by atoms with Gasteiger partial charge in [0.15, 0.2) is 5.69 Å². The predicted octanol–water partition coefficient (Wildman–Crippen LogP) is 1.80. The average Bonchev–Trinajstić information content (AvgIpc) is 3.24. The van der Waals surface area contributed by atoms with E-state index < -0.39 is 0 Å². The second-order valence-electron chi connectivity index (χ2n) is 5.52. The van der Waals surface area contributed by atoms with Crippen LogP contribution in [0.15, 0.2) is 36.5 Å². The molecular formula is C16H20N4O2. The van der Waals surface area contributed by atoms with Crippen molar-refractivity contribution in [1.29, 1.82) is 0 Å². The fourth-order valence-electron chi connectivity index (χ4n) is 2.56. The van der Waals surface area contributed by atoms with Crippen molar-refractivity contribution in [3.05, 3.63) is 47.8 Å². The molecule has 1 aliphatic rings. The monoisotopic (exact) mass is 300 g/mol. The summed E-state index contributed by atoms with van der Waals surface area (Å²) in [6.45, 7) is 3.34. The quantitative estimate of drug-likeness (QED) is 0.914. The summed E-state index contributed by atoms with van der Waals surface area (Å²) in [4.78, 5) is 12.1. The van der Waals surface area contributed by atoms with Gasteiger partial charge in [-0.2, -0.15) is 0 Å². The van der Waals surface area contributed by atoms with Crippen molar-refractivity contribution in [2.45, 2.75) is 31.9 Å². The Bertz CT molecular complexity index is 620. The van der Waals surface area contributed by atoms with Crippen molar-refractivity contribution in [1.82, 2.24) is 20.3 Å². The summed E-state index contributed by atoms with van der Waals surface area (Å²) < 4.78 is 7.19. The summed E-state index contributed by atoms with van der Waals surface area (Å²) in [6, 6.07) is 10.0. The van der Waals surface area contributed by atoms with Crippen LogP contribution < -0.4 is 5.32 Å². The Morgan fingerprint density at radius 1 is 1.45 bits per heavy atom. The fraction of sp³-hybridized carbons (Fsp3) is 0.438. The molecule has 1 aromatic carbocycles. The van der Waals surface area contributed by atoms with Gasteiger partial charge in [0.25, 0.3) is 5.91 Å². The molecular weight excluding hydrogens is 280 g/mol. The van der Waals surface area contributed by atoms with Crippen LogP contribution >= 0.6 is 0 Å². The van der Waals surface area contributed by atoms with E-state index in [-0.39, 0.29) is 18.1 Å². The Morgan fingerprint density at radius 3 is 3.00 bits per heavy atom. The van der Waals surface area contributed by atoms with Crippen LogP contribution in [-0.4, -0.2) is 40.2 Å². The van der Waals surface area contributed by atoms with Gasteiger partial charge in [0.2, 0.25) is 0 Å². The largest absolute Gasteiger partial charge is 0.376 e. The molecule has 1 amide bonds. The van der Waals surface area contributed by atoms with E-state index >= 15 is 0 Å². The van der Waals surface area contributed by atoms with Crippen LogP contribution in [0.3, 0.4) is 0 Å². The molecule has 2 heterocycles. The van der Waals surface area contributed by atoms with Crippen LogP contribution in [0, 0.1) is 0 Å². The third kappa shape index (κ3) is 3.33. The highest BCUT2D eigenvalue weighted by Crippen LogP contribution is 2.16. The first-order valence-electron chi connectivity index (χ1n) is 7.60. The molecule has 1 N–H and O–H groups in total. The molecule has 1 saturated heterocycles. The van der Waals surface area contributed by atoms with E-state index in [2.05, 4.69) is 15.6 Å². The molecule has 0 bridgehead atoms. The van der Waals surface area contributed by atoms with Gasteiger partial charge in [-0.3, -0.25) is 4.79 Å². The topological polar surface area (TPSA) is 69.0 Å². The number of hydrogen-bond donors (Lipinski definition) is 1. The fourth-order valence-corrected chi connectivity index (χ4v) is 2.56. The first-order valence-corrected chi connectivity index (χ1v) is 7.60. The standard InChI is InChI=1S/C16H20N4O2/c1-12(13-6-3-2-4-7-13)20-11-15(18-19-20)16(21)17-10-14-8-5-9-22-14/h2-4,6-7,11-12,14H,5,8-10H2,1H3,(H,17,21)/t12-,14+/m1/s1. The van der Waals surface area contributed by atoms with Gasteiger partial charge >= 0.3 is 0 Å². The van der Waals surface area contributed by atoms with E-state index in [9.17, 15) is 4.79 Å². The van der Waals surface area contributed by atoms with Gasteiger partial charge in [-0.1, -0.05) is 35.5 Å². The first kappa shape index (κ1) is 14.7. The highest BCUT2D eigenvalue weighted by Gasteiger charge is 2.19. The van der Waals surface area contributed by atoms with Crippen LogP contribution in [0.2, 0.25) is 0 Å². The summed E-state index contributed by atoms with van der Waals surface area (Å²) in [7, 11) is 0. The number of ether oxygens (including phenoxy) is 1. The maximum Gasteiger partial charge on any atom is 0.273 e. The maximum atomic E-state index is 12.1. The molecule has 0 unspecified atom stereocenters. The van der Waals surface area contributed by atoms with Gasteiger partial charge in [-0.15, -0.1) is 5.10 Å². The molecule has 22 heavy (non-hydrogen) atoms. The summed E-state index contributed by atoms with van der Waals surface area (Å²) in [5, 5.41) is 10.9. The molecule has 116 valence electrons. The van der Waals surface area contributed by atoms with E-state index in [1.54, 1.807) is 10.9 Å². The highest BCUT2D eigenvalue weighted by molar-refractivity contribution is 5.91. The third-order valence-electron chi connectivity index (χ3n) is 3.94. The molecule has 1 aromatic heterocycles. The number of amides is 1. The Balaban J connectivity index is 1.61. The molecule has 2 aromatic rings. The minimum Gasteiger partial charge on any atom is -0.376 e. The molecule has 1 aliphatic heterocycles. The second kappa shape index (κ2) is 6.70. The Hall–Kier alpha value is -2.21. The van der Waals surface area contributed by atoms with Crippen molar-refractivity contribution in [2.75, 3.05) is 13.2 Å². The number of benzene rings is 1. The van der Waals surface area contributed by atoms with Crippen LogP contribution in [-0.2, 0) is 4.74 Å². The van der Waals surface area contributed by atoms with Gasteiger partial charge < -0.3 is 10.1 Å². The average molecular weight is 300 g/mol. The molecule has 0 aliphatic carbocycles. The lowest BCUT2D eigenvalue weighted by atomic mass is 10.1. The van der Waals surface area contributed by atoms with E-state index in [1.165, 1.54) is 0 Å². The van der Waals surface area contributed by atoms with Crippen LogP contribution in [0.4, 0.5) is 0 Å². The summed E-state index contributed by atoms with van der Waals surface area (Å²) in [5.41, 5.74) is 1.46. The van der Waals surface area contributed by atoms with E-state index in [4.69, 9.17) is 4.74 Å². The normalized spacial score (nSPS) is 19.0. The number of rotatable bonds is 5. The molecule has 0 radical (unpaired) electrons. The lowest BCUT2D eigenvalue weighted by molar-refractivity contribution is 0.0853. The Kier molecular flexibility index (Phi) is 4.48. The van der Waals surface area contributed by atoms with Crippen LogP contribution in [0.25, 0.3) is 0 Å². The van der Waals surface area contributed by atoms with Gasteiger partial charge in [0.05, 0.1) is 18.3 Å². The van der Waals surface area contributed by atoms with Gasteiger partial charge in [-0.05, 0) is 25.3 Å². The van der Waals surface area contributed by atoms with Gasteiger partial charge in [0, 0.05) is 13.2 Å². The van der Waals surface area contributed by atoms with Crippen molar-refractivity contribution in [3.8, 4) is 0 Å². The zero-order valence-electron chi connectivity index (χ0n) is 12.6. The van der Waals surface area contributed by atoms with Crippen molar-refractivity contribution in [2.24, 2.45) is 0 Å². The van der Waals surface area contributed by atoms with Crippen molar-refractivity contribution < 1.29 is 9.53 Å². The van der Waals surface area contributed by atoms with Crippen LogP contribution in [0.5, 0.6) is 0 Å². The second-order valence-corrected chi connectivity index (χ2v) is 5.52. The zero-order valence-corrected chi connectivity index (χ0v) is 12.6. The van der Waals surface area contributed by atoms with Gasteiger partial charge in [0.1, 0.15) is 0 Å². The maximum absolute atomic E-state index is 12.1. The Morgan fingerprint density at radius 2 is 2.27 bits per heavy atom. The smallest absolute Gasteiger partial charge is 0.273 e. The number of aromatic nitrogens is 3. The Labute approximate surface area is 129 Å². The lowest BCUT2D eigenvalue weighted by Gasteiger charge is -2.11. The molecule has 2 atom stereocenters. The third-order valence-corrected chi connectivity index (χ3v) is 3.94. The molecule has 6 heteroatoms. The number of nitrogens with one attached hydrogen (secondary N) is 1. The SMILES string of the molecule is C[C@H](c1ccccc1)n1cc(C(=O)NC[C@@H]2CCCO2)nn1.